The van der Waals surface area contributed by atoms with E-state index in [0.717, 1.165) is 46.2 Å². The summed E-state index contributed by atoms with van der Waals surface area (Å²) in [4.78, 5) is 23.9. The number of hydrogen-bond donors (Lipinski definition) is 2. The summed E-state index contributed by atoms with van der Waals surface area (Å²) in [6.45, 7) is 9.26. The third-order valence-electron chi connectivity index (χ3n) is 6.23. The molecule has 0 bridgehead atoms. The Bertz CT molecular complexity index is 964. The van der Waals surface area contributed by atoms with E-state index in [9.17, 15) is 19.8 Å². The molecule has 0 aliphatic rings. The van der Waals surface area contributed by atoms with Crippen molar-refractivity contribution in [1.82, 2.24) is 0 Å². The number of aryl methyl sites for hydroxylation is 6. The van der Waals surface area contributed by atoms with Crippen molar-refractivity contribution < 1.29 is 38.7 Å². The molecule has 0 spiro atoms. The zero-order chi connectivity index (χ0) is 27.9. The SMILES string of the molecule is CCc1cc(CCC(=O)OCCOCCOCCOC(=O)CCc2cc(C)c(O)c(CC)c2)cc(C)c1O. The van der Waals surface area contributed by atoms with Gasteiger partial charge in [0, 0.05) is 12.8 Å². The van der Waals surface area contributed by atoms with Gasteiger partial charge in [0.05, 0.1) is 26.4 Å². The Balaban J connectivity index is 1.46. The number of aromatic hydroxyl groups is 2. The summed E-state index contributed by atoms with van der Waals surface area (Å²) in [5, 5.41) is 20.0. The van der Waals surface area contributed by atoms with Gasteiger partial charge in [-0.3, -0.25) is 9.59 Å². The molecule has 0 aliphatic heterocycles. The Morgan fingerprint density at radius 3 is 1.37 bits per heavy atom. The van der Waals surface area contributed by atoms with E-state index in [2.05, 4.69) is 0 Å². The molecule has 0 fully saturated rings. The highest BCUT2D eigenvalue weighted by Crippen LogP contribution is 2.26. The quantitative estimate of drug-likeness (QED) is 0.227. The molecule has 0 heterocycles. The lowest BCUT2D eigenvalue weighted by molar-refractivity contribution is -0.146. The third-order valence-corrected chi connectivity index (χ3v) is 6.23. The van der Waals surface area contributed by atoms with Crippen LogP contribution in [-0.4, -0.2) is 61.8 Å². The summed E-state index contributed by atoms with van der Waals surface area (Å²) in [7, 11) is 0. The van der Waals surface area contributed by atoms with Gasteiger partial charge in [-0.15, -0.1) is 0 Å². The monoisotopic (exact) mass is 530 g/mol. The number of carbonyl (C=O) groups is 2. The van der Waals surface area contributed by atoms with Crippen LogP contribution in [0.3, 0.4) is 0 Å². The normalized spacial score (nSPS) is 10.9. The van der Waals surface area contributed by atoms with Gasteiger partial charge >= 0.3 is 11.9 Å². The first-order valence-corrected chi connectivity index (χ1v) is 13.3. The second-order valence-electron chi connectivity index (χ2n) is 9.21. The molecule has 8 heteroatoms. The number of phenolic OH excluding ortho intramolecular Hbond substituents is 2. The minimum Gasteiger partial charge on any atom is -0.507 e. The van der Waals surface area contributed by atoms with E-state index in [1.54, 1.807) is 0 Å². The van der Waals surface area contributed by atoms with Gasteiger partial charge in [0.2, 0.25) is 0 Å². The molecule has 0 amide bonds. The van der Waals surface area contributed by atoms with Gasteiger partial charge in [0.25, 0.3) is 0 Å². The number of hydrogen-bond acceptors (Lipinski definition) is 8. The van der Waals surface area contributed by atoms with E-state index in [-0.39, 0.29) is 51.2 Å². The van der Waals surface area contributed by atoms with Crippen molar-refractivity contribution >= 4 is 11.9 Å². The summed E-state index contributed by atoms with van der Waals surface area (Å²) >= 11 is 0. The minimum atomic E-state index is -0.290. The zero-order valence-electron chi connectivity index (χ0n) is 23.1. The van der Waals surface area contributed by atoms with Crippen LogP contribution in [0.2, 0.25) is 0 Å². The van der Waals surface area contributed by atoms with Crippen molar-refractivity contribution in [1.29, 1.82) is 0 Å². The highest BCUT2D eigenvalue weighted by molar-refractivity contribution is 5.70. The van der Waals surface area contributed by atoms with Crippen molar-refractivity contribution in [3.05, 3.63) is 57.6 Å². The predicted octanol–water partition coefficient (Wildman–Crippen LogP) is 4.52. The maximum atomic E-state index is 12.0. The Morgan fingerprint density at radius 2 is 1.00 bits per heavy atom. The highest BCUT2D eigenvalue weighted by atomic mass is 16.6. The predicted molar refractivity (Wildman–Crippen MR) is 145 cm³/mol. The van der Waals surface area contributed by atoms with Crippen LogP contribution in [0.5, 0.6) is 11.5 Å². The molecule has 2 N–H and O–H groups in total. The molecule has 0 unspecified atom stereocenters. The van der Waals surface area contributed by atoms with E-state index >= 15 is 0 Å². The molecule has 0 aliphatic carbocycles. The summed E-state index contributed by atoms with van der Waals surface area (Å²) < 4.78 is 21.2. The molecule has 0 saturated heterocycles. The Kier molecular flexibility index (Phi) is 13.7. The number of ether oxygens (including phenoxy) is 4. The average Bonchev–Trinajstić information content (AvgIpc) is 2.90. The molecule has 2 aromatic carbocycles. The molecule has 0 saturated carbocycles. The standard InChI is InChI=1S/C30H42O8/c1-5-25-19-23(17-21(3)29(25)33)7-9-27(31)37-15-13-35-11-12-36-14-16-38-28(32)10-8-24-18-22(4)30(34)26(6-2)20-24/h17-20,33-34H,5-16H2,1-4H3. The summed E-state index contributed by atoms with van der Waals surface area (Å²) in [6.07, 6.45) is 3.12. The molecule has 0 aromatic heterocycles. The van der Waals surface area contributed by atoms with Gasteiger partial charge in [0.1, 0.15) is 24.7 Å². The Labute approximate surface area is 225 Å². The topological polar surface area (TPSA) is 112 Å². The van der Waals surface area contributed by atoms with Crippen LogP contribution in [0.15, 0.2) is 24.3 Å². The lowest BCUT2D eigenvalue weighted by Gasteiger charge is -2.10. The first kappa shape index (κ1) is 31.1. The molecule has 210 valence electrons. The van der Waals surface area contributed by atoms with E-state index in [0.29, 0.717) is 37.6 Å². The molecule has 2 aromatic rings. The summed E-state index contributed by atoms with van der Waals surface area (Å²) in [6, 6.07) is 7.65. The second kappa shape index (κ2) is 16.7. The molecular weight excluding hydrogens is 488 g/mol. The maximum Gasteiger partial charge on any atom is 0.306 e. The molecule has 2 rings (SSSR count). The fourth-order valence-electron chi connectivity index (χ4n) is 4.08. The van der Waals surface area contributed by atoms with Crippen LogP contribution >= 0.6 is 0 Å². The van der Waals surface area contributed by atoms with Gasteiger partial charge < -0.3 is 29.2 Å². The smallest absolute Gasteiger partial charge is 0.306 e. The maximum absolute atomic E-state index is 12.0. The summed E-state index contributed by atoms with van der Waals surface area (Å²) in [5.74, 6) is 0.0652. The van der Waals surface area contributed by atoms with Crippen molar-refractivity contribution in [3.8, 4) is 11.5 Å². The fourth-order valence-corrected chi connectivity index (χ4v) is 4.08. The zero-order valence-corrected chi connectivity index (χ0v) is 23.1. The van der Waals surface area contributed by atoms with Gasteiger partial charge in [0.15, 0.2) is 0 Å². The van der Waals surface area contributed by atoms with Crippen molar-refractivity contribution in [2.45, 2.75) is 66.2 Å². The molecule has 38 heavy (non-hydrogen) atoms. The fraction of sp³-hybridized carbons (Fsp3) is 0.533. The highest BCUT2D eigenvalue weighted by Gasteiger charge is 2.10. The van der Waals surface area contributed by atoms with Gasteiger partial charge in [-0.2, -0.15) is 0 Å². The van der Waals surface area contributed by atoms with Crippen LogP contribution in [0.25, 0.3) is 0 Å². The van der Waals surface area contributed by atoms with Crippen molar-refractivity contribution in [2.75, 3.05) is 39.6 Å². The Hall–Kier alpha value is -3.10. The van der Waals surface area contributed by atoms with Crippen molar-refractivity contribution in [2.24, 2.45) is 0 Å². The Morgan fingerprint density at radius 1 is 0.632 bits per heavy atom. The molecule has 0 radical (unpaired) electrons. The lowest BCUT2D eigenvalue weighted by Crippen LogP contribution is -2.15. The van der Waals surface area contributed by atoms with Crippen LogP contribution in [0, 0.1) is 13.8 Å². The minimum absolute atomic E-state index is 0.172. The largest absolute Gasteiger partial charge is 0.507 e. The van der Waals surface area contributed by atoms with Crippen molar-refractivity contribution in [3.63, 3.8) is 0 Å². The van der Waals surface area contributed by atoms with Crippen LogP contribution in [0.4, 0.5) is 0 Å². The lowest BCUT2D eigenvalue weighted by atomic mass is 10.0. The van der Waals surface area contributed by atoms with Crippen LogP contribution in [-0.2, 0) is 54.2 Å². The van der Waals surface area contributed by atoms with E-state index in [1.807, 2.05) is 52.0 Å². The molecular formula is C30H42O8. The first-order chi connectivity index (χ1) is 18.2. The van der Waals surface area contributed by atoms with E-state index in [4.69, 9.17) is 18.9 Å². The third kappa shape index (κ3) is 10.7. The molecule has 0 atom stereocenters. The average molecular weight is 531 g/mol. The van der Waals surface area contributed by atoms with Crippen LogP contribution in [0.1, 0.15) is 60.1 Å². The number of esters is 2. The second-order valence-corrected chi connectivity index (χ2v) is 9.21. The summed E-state index contributed by atoms with van der Waals surface area (Å²) in [5.41, 5.74) is 5.40. The number of phenols is 2. The van der Waals surface area contributed by atoms with E-state index in [1.165, 1.54) is 0 Å². The van der Waals surface area contributed by atoms with Gasteiger partial charge in [-0.25, -0.2) is 0 Å². The first-order valence-electron chi connectivity index (χ1n) is 13.3. The van der Waals surface area contributed by atoms with Crippen LogP contribution < -0.4 is 0 Å². The number of benzene rings is 2. The van der Waals surface area contributed by atoms with E-state index < -0.39 is 0 Å². The number of rotatable bonds is 17. The van der Waals surface area contributed by atoms with Gasteiger partial charge in [-0.1, -0.05) is 38.1 Å². The molecule has 8 nitrogen and oxygen atoms in total. The number of carbonyl (C=O) groups excluding carboxylic acids is 2. The van der Waals surface area contributed by atoms with Gasteiger partial charge in [-0.05, 0) is 72.9 Å².